The van der Waals surface area contributed by atoms with Crippen LogP contribution in [0.4, 0.5) is 27.4 Å². The lowest BCUT2D eigenvalue weighted by Gasteiger charge is -2.16. The molecule has 1 atom stereocenters. The first-order valence-electron chi connectivity index (χ1n) is 12.1. The molecule has 1 fully saturated rings. The number of carbonyl (C=O) groups is 1. The van der Waals surface area contributed by atoms with Crippen LogP contribution in [0.3, 0.4) is 0 Å². The van der Waals surface area contributed by atoms with Crippen molar-refractivity contribution in [3.63, 3.8) is 0 Å². The van der Waals surface area contributed by atoms with Gasteiger partial charge >= 0.3 is 0 Å². The fraction of sp³-hybridized carbons (Fsp3) is 0.222. The number of nitrogens with one attached hydrogen (secondary N) is 4. The molecule has 3 heterocycles. The predicted octanol–water partition coefficient (Wildman–Crippen LogP) is 5.07. The Balaban J connectivity index is 1.28. The minimum absolute atomic E-state index is 0.304. The monoisotopic (exact) mass is 501 g/mol. The van der Waals surface area contributed by atoms with E-state index in [4.69, 9.17) is 4.74 Å². The van der Waals surface area contributed by atoms with E-state index in [1.807, 2.05) is 30.3 Å². The molecule has 1 amide bonds. The van der Waals surface area contributed by atoms with Gasteiger partial charge in [-0.1, -0.05) is 12.6 Å². The molecule has 0 radical (unpaired) electrons. The second kappa shape index (κ2) is 11.1. The van der Waals surface area contributed by atoms with Crippen molar-refractivity contribution >= 4 is 40.0 Å². The predicted molar refractivity (Wildman–Crippen MR) is 143 cm³/mol. The number of carbonyl (C=O) groups excluding carboxylic acids is 1. The number of rotatable bonds is 10. The topological polar surface area (TPSA) is 107 Å². The molecule has 37 heavy (non-hydrogen) atoms. The SMILES string of the molecule is C=CC(=O)Nc1cccc(Oc2nc(Nc3ccc(NC4CCN(CCF)C4)cc3)nc3[nH]ccc23)c1. The van der Waals surface area contributed by atoms with E-state index in [1.54, 1.807) is 30.5 Å². The lowest BCUT2D eigenvalue weighted by molar-refractivity contribution is -0.111. The van der Waals surface area contributed by atoms with E-state index < -0.39 is 0 Å². The van der Waals surface area contributed by atoms with Gasteiger partial charge in [-0.25, -0.2) is 4.39 Å². The van der Waals surface area contributed by atoms with Crippen LogP contribution in [0, 0.1) is 0 Å². The van der Waals surface area contributed by atoms with Crippen molar-refractivity contribution in [2.24, 2.45) is 0 Å². The van der Waals surface area contributed by atoms with Crippen LogP contribution < -0.4 is 20.7 Å². The summed E-state index contributed by atoms with van der Waals surface area (Å²) in [5, 5.41) is 10.2. The van der Waals surface area contributed by atoms with Crippen molar-refractivity contribution in [3.8, 4) is 11.6 Å². The molecule has 0 spiro atoms. The molecule has 0 saturated carbocycles. The third kappa shape index (κ3) is 6.04. The molecule has 2 aromatic carbocycles. The molecule has 10 heteroatoms. The Morgan fingerprint density at radius 2 is 2.00 bits per heavy atom. The van der Waals surface area contributed by atoms with Crippen molar-refractivity contribution in [3.05, 3.63) is 73.4 Å². The van der Waals surface area contributed by atoms with Crippen LogP contribution in [0.2, 0.25) is 0 Å². The molecule has 1 saturated heterocycles. The average Bonchev–Trinajstić information content (AvgIpc) is 3.55. The standard InChI is InChI=1S/C27H28FN7O2/c1-2-24(36)31-20-4-3-5-22(16-20)37-26-23-10-13-29-25(23)33-27(34-26)32-19-8-6-18(7-9-19)30-21-11-14-35(17-21)15-12-28/h2-10,13,16,21,30H,1,11-12,14-15,17H2,(H,31,36)(H2,29,32,33,34). The molecule has 9 nitrogen and oxygen atoms in total. The Labute approximate surface area is 213 Å². The van der Waals surface area contributed by atoms with E-state index >= 15 is 0 Å². The summed E-state index contributed by atoms with van der Waals surface area (Å²) in [5.74, 6) is 0.959. The molecular formula is C27H28FN7O2. The number of halogens is 1. The average molecular weight is 502 g/mol. The largest absolute Gasteiger partial charge is 0.438 e. The maximum atomic E-state index is 12.6. The minimum atomic E-state index is -0.309. The van der Waals surface area contributed by atoms with Gasteiger partial charge in [-0.3, -0.25) is 9.69 Å². The number of aromatic amines is 1. The second-order valence-corrected chi connectivity index (χ2v) is 8.74. The van der Waals surface area contributed by atoms with E-state index in [2.05, 4.69) is 42.4 Å². The van der Waals surface area contributed by atoms with Crippen molar-refractivity contribution in [1.29, 1.82) is 0 Å². The Hall–Kier alpha value is -4.44. The number of anilines is 4. The number of alkyl halides is 1. The molecule has 0 bridgehead atoms. The van der Waals surface area contributed by atoms with E-state index in [-0.39, 0.29) is 12.6 Å². The van der Waals surface area contributed by atoms with Crippen molar-refractivity contribution in [2.45, 2.75) is 12.5 Å². The first-order chi connectivity index (χ1) is 18.1. The smallest absolute Gasteiger partial charge is 0.247 e. The highest BCUT2D eigenvalue weighted by Gasteiger charge is 2.21. The van der Waals surface area contributed by atoms with E-state index in [0.29, 0.717) is 41.5 Å². The van der Waals surface area contributed by atoms with Crippen LogP contribution in [-0.4, -0.2) is 58.1 Å². The number of amides is 1. The highest BCUT2D eigenvalue weighted by Crippen LogP contribution is 2.30. The molecule has 1 aliphatic rings. The highest BCUT2D eigenvalue weighted by atomic mass is 19.1. The molecule has 2 aromatic heterocycles. The molecule has 5 rings (SSSR count). The summed E-state index contributed by atoms with van der Waals surface area (Å²) in [6.07, 6.45) is 3.98. The van der Waals surface area contributed by atoms with Crippen molar-refractivity contribution in [2.75, 3.05) is 42.3 Å². The van der Waals surface area contributed by atoms with Crippen LogP contribution in [-0.2, 0) is 4.79 Å². The maximum Gasteiger partial charge on any atom is 0.247 e. The van der Waals surface area contributed by atoms with Gasteiger partial charge in [0.05, 0.1) is 5.39 Å². The van der Waals surface area contributed by atoms with Gasteiger partial charge in [-0.05, 0) is 55.0 Å². The van der Waals surface area contributed by atoms with Crippen LogP contribution in [0.1, 0.15) is 6.42 Å². The van der Waals surface area contributed by atoms with Gasteiger partial charge in [-0.2, -0.15) is 9.97 Å². The van der Waals surface area contributed by atoms with Crippen LogP contribution >= 0.6 is 0 Å². The van der Waals surface area contributed by atoms with Gasteiger partial charge in [0.1, 0.15) is 18.1 Å². The first-order valence-corrected chi connectivity index (χ1v) is 12.1. The Morgan fingerprint density at radius 1 is 1.16 bits per heavy atom. The summed E-state index contributed by atoms with van der Waals surface area (Å²) in [5.41, 5.74) is 3.04. The maximum absolute atomic E-state index is 12.6. The van der Waals surface area contributed by atoms with E-state index in [1.165, 1.54) is 6.08 Å². The molecule has 1 aliphatic heterocycles. The molecule has 0 aliphatic carbocycles. The number of benzene rings is 2. The number of ether oxygens (including phenoxy) is 1. The van der Waals surface area contributed by atoms with Crippen LogP contribution in [0.25, 0.3) is 11.0 Å². The molecule has 4 N–H and O–H groups in total. The van der Waals surface area contributed by atoms with Gasteiger partial charge in [0, 0.05) is 55.0 Å². The van der Waals surface area contributed by atoms with Gasteiger partial charge in [0.15, 0.2) is 0 Å². The zero-order valence-electron chi connectivity index (χ0n) is 20.2. The lowest BCUT2D eigenvalue weighted by Crippen LogP contribution is -2.27. The Morgan fingerprint density at radius 3 is 2.81 bits per heavy atom. The summed E-state index contributed by atoms with van der Waals surface area (Å²) in [7, 11) is 0. The summed E-state index contributed by atoms with van der Waals surface area (Å²) in [6, 6.07) is 17.1. The van der Waals surface area contributed by atoms with Crippen molar-refractivity contribution < 1.29 is 13.9 Å². The summed E-state index contributed by atoms with van der Waals surface area (Å²) >= 11 is 0. The second-order valence-electron chi connectivity index (χ2n) is 8.74. The van der Waals surface area contributed by atoms with Gasteiger partial charge in [-0.15, -0.1) is 0 Å². The fourth-order valence-electron chi connectivity index (χ4n) is 4.28. The number of hydrogen-bond acceptors (Lipinski definition) is 7. The van der Waals surface area contributed by atoms with E-state index in [9.17, 15) is 9.18 Å². The number of fused-ring (bicyclic) bond motifs is 1. The lowest BCUT2D eigenvalue weighted by atomic mass is 10.2. The van der Waals surface area contributed by atoms with E-state index in [0.717, 1.165) is 36.3 Å². The third-order valence-corrected chi connectivity index (χ3v) is 6.07. The molecule has 4 aromatic rings. The molecule has 1 unspecified atom stereocenters. The zero-order valence-corrected chi connectivity index (χ0v) is 20.2. The Bertz CT molecular complexity index is 1390. The number of hydrogen-bond donors (Lipinski definition) is 4. The third-order valence-electron chi connectivity index (χ3n) is 6.07. The summed E-state index contributed by atoms with van der Waals surface area (Å²) < 4.78 is 18.7. The summed E-state index contributed by atoms with van der Waals surface area (Å²) in [6.45, 7) is 5.42. The summed E-state index contributed by atoms with van der Waals surface area (Å²) in [4.78, 5) is 26.0. The molecular weight excluding hydrogens is 473 g/mol. The number of aromatic nitrogens is 3. The van der Waals surface area contributed by atoms with Gasteiger partial charge in [0.25, 0.3) is 0 Å². The van der Waals surface area contributed by atoms with Crippen LogP contribution in [0.15, 0.2) is 73.4 Å². The normalized spacial score (nSPS) is 15.4. The number of nitrogens with zero attached hydrogens (tertiary/aromatic N) is 3. The van der Waals surface area contributed by atoms with Crippen LogP contribution in [0.5, 0.6) is 11.6 Å². The molecule has 190 valence electrons. The Kier molecular flexibility index (Phi) is 7.27. The quantitative estimate of drug-likeness (QED) is 0.225. The first kappa shape index (κ1) is 24.3. The van der Waals surface area contributed by atoms with Crippen molar-refractivity contribution in [1.82, 2.24) is 19.9 Å². The highest BCUT2D eigenvalue weighted by molar-refractivity contribution is 5.99. The van der Waals surface area contributed by atoms with Gasteiger partial charge < -0.3 is 25.7 Å². The minimum Gasteiger partial charge on any atom is -0.438 e. The zero-order chi connectivity index (χ0) is 25.6. The number of H-pyrrole nitrogens is 1. The number of likely N-dealkylation sites (tertiary alicyclic amines) is 1. The fourth-order valence-corrected chi connectivity index (χ4v) is 4.28. The van der Waals surface area contributed by atoms with Gasteiger partial charge in [0.2, 0.25) is 17.7 Å².